The van der Waals surface area contributed by atoms with Gasteiger partial charge in [0.05, 0.1) is 30.2 Å². The molecule has 9 heteroatoms. The summed E-state index contributed by atoms with van der Waals surface area (Å²) in [5.41, 5.74) is 0.207. The van der Waals surface area contributed by atoms with Crippen LogP contribution in [0.5, 0.6) is 0 Å². The molecular formula is C16H17N3O6. The van der Waals surface area contributed by atoms with E-state index < -0.39 is 23.4 Å². The van der Waals surface area contributed by atoms with E-state index in [-0.39, 0.29) is 17.8 Å². The van der Waals surface area contributed by atoms with Crippen molar-refractivity contribution in [3.05, 3.63) is 33.9 Å². The number of carbonyl (C=O) groups excluding carboxylic acids is 2. The van der Waals surface area contributed by atoms with Crippen LogP contribution in [-0.4, -0.2) is 56.3 Å². The molecule has 1 aromatic carbocycles. The zero-order valence-corrected chi connectivity index (χ0v) is 13.4. The van der Waals surface area contributed by atoms with Gasteiger partial charge in [-0.05, 0) is 12.1 Å². The van der Waals surface area contributed by atoms with E-state index in [1.54, 1.807) is 0 Å². The average molecular weight is 347 g/mol. The number of ether oxygens (including phenoxy) is 2. The van der Waals surface area contributed by atoms with Crippen molar-refractivity contribution >= 4 is 23.3 Å². The maximum absolute atomic E-state index is 12.0. The molecule has 1 heterocycles. The van der Waals surface area contributed by atoms with Gasteiger partial charge in [0.2, 0.25) is 0 Å². The monoisotopic (exact) mass is 347 g/mol. The first-order chi connectivity index (χ1) is 12.0. The molecule has 1 N–H and O–H groups in total. The fraction of sp³-hybridized carbons (Fsp3) is 0.375. The average Bonchev–Trinajstić information content (AvgIpc) is 2.64. The highest BCUT2D eigenvalue weighted by Crippen LogP contribution is 2.30. The van der Waals surface area contributed by atoms with Gasteiger partial charge in [0.1, 0.15) is 5.69 Å². The number of hydrogen-bond acceptors (Lipinski definition) is 7. The van der Waals surface area contributed by atoms with Crippen molar-refractivity contribution in [3.8, 4) is 12.3 Å². The Morgan fingerprint density at radius 1 is 1.40 bits per heavy atom. The van der Waals surface area contributed by atoms with Crippen molar-refractivity contribution in [2.24, 2.45) is 0 Å². The predicted molar refractivity (Wildman–Crippen MR) is 88.3 cm³/mol. The van der Waals surface area contributed by atoms with E-state index >= 15 is 0 Å². The van der Waals surface area contributed by atoms with Crippen molar-refractivity contribution in [2.45, 2.75) is 0 Å². The summed E-state index contributed by atoms with van der Waals surface area (Å²) in [5.74, 6) is 0.838. The van der Waals surface area contributed by atoms with E-state index in [9.17, 15) is 19.7 Å². The second kappa shape index (κ2) is 8.65. The maximum atomic E-state index is 12.0. The number of esters is 1. The third-order valence-corrected chi connectivity index (χ3v) is 3.48. The van der Waals surface area contributed by atoms with E-state index in [0.717, 1.165) is 6.07 Å². The lowest BCUT2D eigenvalue weighted by Crippen LogP contribution is -2.36. The summed E-state index contributed by atoms with van der Waals surface area (Å²) in [6.45, 7) is 1.52. The number of nitro benzene ring substituents is 1. The summed E-state index contributed by atoms with van der Waals surface area (Å²) in [5, 5.41) is 13.7. The first-order valence-corrected chi connectivity index (χ1v) is 7.51. The van der Waals surface area contributed by atoms with Gasteiger partial charge in [-0.1, -0.05) is 5.92 Å². The van der Waals surface area contributed by atoms with Gasteiger partial charge in [-0.25, -0.2) is 4.79 Å². The number of terminal acetylenes is 1. The van der Waals surface area contributed by atoms with Crippen LogP contribution in [0.3, 0.4) is 0 Å². The van der Waals surface area contributed by atoms with Crippen molar-refractivity contribution in [2.75, 3.05) is 44.4 Å². The number of nitrogens with zero attached hydrogens (tertiary/aromatic N) is 2. The molecule has 2 rings (SSSR count). The number of hydrogen-bond donors (Lipinski definition) is 1. The maximum Gasteiger partial charge on any atom is 0.338 e. The Bertz CT molecular complexity index is 706. The fourth-order valence-electron chi connectivity index (χ4n) is 2.28. The van der Waals surface area contributed by atoms with Gasteiger partial charge < -0.3 is 19.7 Å². The number of rotatable bonds is 6. The van der Waals surface area contributed by atoms with E-state index in [0.29, 0.717) is 32.0 Å². The highest BCUT2D eigenvalue weighted by molar-refractivity contribution is 5.93. The first kappa shape index (κ1) is 18.2. The normalized spacial score (nSPS) is 13.6. The smallest absolute Gasteiger partial charge is 0.338 e. The molecule has 1 aliphatic rings. The molecule has 0 radical (unpaired) electrons. The molecule has 132 valence electrons. The Morgan fingerprint density at radius 3 is 2.76 bits per heavy atom. The lowest BCUT2D eigenvalue weighted by molar-refractivity contribution is -0.384. The molecule has 0 unspecified atom stereocenters. The van der Waals surface area contributed by atoms with E-state index in [1.807, 2.05) is 4.90 Å². The quantitative estimate of drug-likeness (QED) is 0.342. The minimum atomic E-state index is -0.826. The van der Waals surface area contributed by atoms with E-state index in [4.69, 9.17) is 15.9 Å². The number of amides is 1. The van der Waals surface area contributed by atoms with Gasteiger partial charge in [0.25, 0.3) is 11.6 Å². The van der Waals surface area contributed by atoms with Gasteiger partial charge in [0.15, 0.2) is 6.61 Å². The van der Waals surface area contributed by atoms with Crippen LogP contribution in [0.1, 0.15) is 10.4 Å². The Hall–Kier alpha value is -3.12. The molecule has 1 saturated heterocycles. The predicted octanol–water partition coefficient (Wildman–Crippen LogP) is 0.338. The van der Waals surface area contributed by atoms with Crippen LogP contribution < -0.4 is 10.2 Å². The van der Waals surface area contributed by atoms with E-state index in [2.05, 4.69) is 11.2 Å². The molecule has 1 aromatic rings. The van der Waals surface area contributed by atoms with E-state index in [1.165, 1.54) is 12.1 Å². The number of benzene rings is 1. The molecule has 9 nitrogen and oxygen atoms in total. The SMILES string of the molecule is C#CCNC(=O)COC(=O)c1ccc(N2CCOCC2)c([N+](=O)[O-])c1. The molecule has 0 bridgehead atoms. The molecule has 25 heavy (non-hydrogen) atoms. The number of anilines is 1. The summed E-state index contributed by atoms with van der Waals surface area (Å²) in [6.07, 6.45) is 5.00. The Kier molecular flexibility index (Phi) is 6.31. The zero-order valence-electron chi connectivity index (χ0n) is 13.4. The standard InChI is InChI=1S/C16H17N3O6/c1-2-5-17-15(20)11-25-16(21)12-3-4-13(14(10-12)19(22)23)18-6-8-24-9-7-18/h1,3-4,10H,5-9,11H2,(H,17,20). The molecule has 1 fully saturated rings. The van der Waals surface area contributed by atoms with Gasteiger partial charge >= 0.3 is 5.97 Å². The molecular weight excluding hydrogens is 330 g/mol. The number of carbonyl (C=O) groups is 2. The van der Waals surface area contributed by atoms with Gasteiger partial charge in [0, 0.05) is 19.2 Å². The van der Waals surface area contributed by atoms with Crippen molar-refractivity contribution < 1.29 is 24.0 Å². The summed E-state index contributed by atoms with van der Waals surface area (Å²) >= 11 is 0. The first-order valence-electron chi connectivity index (χ1n) is 7.51. The van der Waals surface area contributed by atoms with Crippen LogP contribution in [0.25, 0.3) is 0 Å². The van der Waals surface area contributed by atoms with Crippen LogP contribution >= 0.6 is 0 Å². The molecule has 0 aliphatic carbocycles. The summed E-state index contributed by atoms with van der Waals surface area (Å²) in [7, 11) is 0. The summed E-state index contributed by atoms with van der Waals surface area (Å²) < 4.78 is 10.1. The summed E-state index contributed by atoms with van der Waals surface area (Å²) in [6, 6.07) is 4.07. The second-order valence-corrected chi connectivity index (χ2v) is 5.12. The van der Waals surface area contributed by atoms with Crippen LogP contribution in [0.4, 0.5) is 11.4 Å². The van der Waals surface area contributed by atoms with Gasteiger partial charge in [-0.3, -0.25) is 14.9 Å². The van der Waals surface area contributed by atoms with Crippen LogP contribution in [0.2, 0.25) is 0 Å². The molecule has 0 atom stereocenters. The highest BCUT2D eigenvalue weighted by atomic mass is 16.6. The van der Waals surface area contributed by atoms with Crippen molar-refractivity contribution in [3.63, 3.8) is 0 Å². The lowest BCUT2D eigenvalue weighted by Gasteiger charge is -2.28. The minimum Gasteiger partial charge on any atom is -0.452 e. The van der Waals surface area contributed by atoms with Crippen LogP contribution in [0.15, 0.2) is 18.2 Å². The molecule has 1 amide bonds. The van der Waals surface area contributed by atoms with Crippen LogP contribution in [-0.2, 0) is 14.3 Å². The largest absolute Gasteiger partial charge is 0.452 e. The molecule has 0 aromatic heterocycles. The summed E-state index contributed by atoms with van der Waals surface area (Å²) in [4.78, 5) is 36.0. The third-order valence-electron chi connectivity index (χ3n) is 3.48. The Morgan fingerprint density at radius 2 is 2.12 bits per heavy atom. The van der Waals surface area contributed by atoms with Gasteiger partial charge in [-0.15, -0.1) is 6.42 Å². The number of morpholine rings is 1. The molecule has 0 saturated carbocycles. The Labute approximate surface area is 144 Å². The fourth-order valence-corrected chi connectivity index (χ4v) is 2.28. The zero-order chi connectivity index (χ0) is 18.2. The number of nitrogens with one attached hydrogen (secondary N) is 1. The number of nitro groups is 1. The Balaban J connectivity index is 2.10. The second-order valence-electron chi connectivity index (χ2n) is 5.12. The van der Waals surface area contributed by atoms with Gasteiger partial charge in [-0.2, -0.15) is 0 Å². The van der Waals surface area contributed by atoms with Crippen molar-refractivity contribution in [1.29, 1.82) is 0 Å². The minimum absolute atomic E-state index is 0.00606. The highest BCUT2D eigenvalue weighted by Gasteiger charge is 2.24. The molecule has 1 aliphatic heterocycles. The topological polar surface area (TPSA) is 111 Å². The molecule has 0 spiro atoms. The van der Waals surface area contributed by atoms with Crippen LogP contribution in [0, 0.1) is 22.5 Å². The third kappa shape index (κ3) is 4.92. The van der Waals surface area contributed by atoms with Crippen molar-refractivity contribution in [1.82, 2.24) is 5.32 Å². The lowest BCUT2D eigenvalue weighted by atomic mass is 10.1.